The summed E-state index contributed by atoms with van der Waals surface area (Å²) in [6.45, 7) is 1.82. The van der Waals surface area contributed by atoms with Gasteiger partial charge in [0.2, 0.25) is 0 Å². The topological polar surface area (TPSA) is 12.0 Å². The van der Waals surface area contributed by atoms with Gasteiger partial charge in [-0.15, -0.1) is 0 Å². The zero-order valence-corrected chi connectivity index (χ0v) is 12.4. The number of nitrogens with one attached hydrogen (secondary N) is 1. The molecule has 0 amide bonds. The zero-order valence-electron chi connectivity index (χ0n) is 9.25. The Labute approximate surface area is 119 Å². The molecule has 0 bridgehead atoms. The molecule has 2 aromatic rings. The van der Waals surface area contributed by atoms with Crippen LogP contribution in [0.2, 0.25) is 5.02 Å². The summed E-state index contributed by atoms with van der Waals surface area (Å²) >= 11 is 11.2. The van der Waals surface area contributed by atoms with Gasteiger partial charge >= 0.3 is 0 Å². The molecule has 0 aliphatic heterocycles. The minimum absolute atomic E-state index is 0.780. The van der Waals surface area contributed by atoms with E-state index in [4.69, 9.17) is 11.6 Å². The Hall–Kier alpha value is -0.350. The molecule has 1 N–H and O–H groups in total. The Morgan fingerprint density at radius 2 is 2.18 bits per heavy atom. The summed E-state index contributed by atoms with van der Waals surface area (Å²) in [5.41, 5.74) is 2.59. The van der Waals surface area contributed by atoms with Crippen LogP contribution in [0.4, 0.5) is 0 Å². The molecule has 1 aromatic carbocycles. The maximum atomic E-state index is 5.96. The van der Waals surface area contributed by atoms with Crippen molar-refractivity contribution in [3.05, 3.63) is 55.6 Å². The summed E-state index contributed by atoms with van der Waals surface area (Å²) < 4.78 is 1.10. The molecule has 1 nitrogen and oxygen atoms in total. The van der Waals surface area contributed by atoms with Crippen LogP contribution in [0.5, 0.6) is 0 Å². The van der Waals surface area contributed by atoms with Gasteiger partial charge in [0.25, 0.3) is 0 Å². The third kappa shape index (κ3) is 4.11. The molecule has 0 aliphatic rings. The molecule has 0 spiro atoms. The monoisotopic (exact) mass is 329 g/mol. The first-order chi connectivity index (χ1) is 8.25. The van der Waals surface area contributed by atoms with E-state index in [0.717, 1.165) is 29.0 Å². The predicted octanol–water partition coefficient (Wildman–Crippen LogP) is 4.50. The minimum Gasteiger partial charge on any atom is -0.312 e. The first kappa shape index (κ1) is 13.1. The summed E-state index contributed by atoms with van der Waals surface area (Å²) in [6, 6.07) is 8.03. The van der Waals surface area contributed by atoms with Gasteiger partial charge in [-0.2, -0.15) is 11.3 Å². The van der Waals surface area contributed by atoms with Gasteiger partial charge in [-0.1, -0.05) is 27.5 Å². The molecule has 0 saturated heterocycles. The predicted molar refractivity (Wildman–Crippen MR) is 78.9 cm³/mol. The molecule has 0 atom stereocenters. The van der Waals surface area contributed by atoms with E-state index in [1.807, 2.05) is 18.2 Å². The molecule has 90 valence electrons. The van der Waals surface area contributed by atoms with Crippen LogP contribution in [0.1, 0.15) is 11.1 Å². The van der Waals surface area contributed by atoms with Crippen molar-refractivity contribution in [2.45, 2.75) is 13.0 Å². The lowest BCUT2D eigenvalue weighted by atomic mass is 10.2. The third-order valence-electron chi connectivity index (χ3n) is 2.49. The van der Waals surface area contributed by atoms with Crippen molar-refractivity contribution < 1.29 is 0 Å². The van der Waals surface area contributed by atoms with E-state index in [-0.39, 0.29) is 0 Å². The minimum atomic E-state index is 0.780. The first-order valence-electron chi connectivity index (χ1n) is 5.41. The van der Waals surface area contributed by atoms with Crippen molar-refractivity contribution in [3.63, 3.8) is 0 Å². The maximum absolute atomic E-state index is 5.96. The standard InChI is InChI=1S/C13H13BrClNS/c14-13-2-1-12(15)7-11(13)8-16-5-3-10-4-6-17-9-10/h1-2,4,6-7,9,16H,3,5,8H2. The van der Waals surface area contributed by atoms with Crippen molar-refractivity contribution in [2.75, 3.05) is 6.54 Å². The molecular formula is C13H13BrClNS. The van der Waals surface area contributed by atoms with Gasteiger partial charge < -0.3 is 5.32 Å². The summed E-state index contributed by atoms with van der Waals surface area (Å²) in [4.78, 5) is 0. The van der Waals surface area contributed by atoms with Crippen LogP contribution in [-0.4, -0.2) is 6.54 Å². The lowest BCUT2D eigenvalue weighted by Gasteiger charge is -2.07. The average Bonchev–Trinajstić information content (AvgIpc) is 2.82. The second kappa shape index (κ2) is 6.55. The van der Waals surface area contributed by atoms with Gasteiger partial charge in [0, 0.05) is 16.0 Å². The van der Waals surface area contributed by atoms with E-state index >= 15 is 0 Å². The van der Waals surface area contributed by atoms with Crippen LogP contribution in [-0.2, 0) is 13.0 Å². The maximum Gasteiger partial charge on any atom is 0.0410 e. The molecule has 1 aromatic heterocycles. The highest BCUT2D eigenvalue weighted by atomic mass is 79.9. The highest BCUT2D eigenvalue weighted by Crippen LogP contribution is 2.20. The van der Waals surface area contributed by atoms with Crippen LogP contribution in [0.3, 0.4) is 0 Å². The summed E-state index contributed by atoms with van der Waals surface area (Å²) in [6.07, 6.45) is 1.07. The largest absolute Gasteiger partial charge is 0.312 e. The van der Waals surface area contributed by atoms with Crippen molar-refractivity contribution in [1.29, 1.82) is 0 Å². The fourth-order valence-corrected chi connectivity index (χ4v) is 2.85. The lowest BCUT2D eigenvalue weighted by molar-refractivity contribution is 0.686. The molecule has 17 heavy (non-hydrogen) atoms. The Morgan fingerprint density at radius 1 is 1.29 bits per heavy atom. The first-order valence-corrected chi connectivity index (χ1v) is 7.53. The highest BCUT2D eigenvalue weighted by molar-refractivity contribution is 9.10. The second-order valence-corrected chi connectivity index (χ2v) is 5.86. The van der Waals surface area contributed by atoms with Gasteiger partial charge in [0.1, 0.15) is 0 Å². The van der Waals surface area contributed by atoms with Gasteiger partial charge in [0.05, 0.1) is 0 Å². The number of benzene rings is 1. The number of hydrogen-bond donors (Lipinski definition) is 1. The van der Waals surface area contributed by atoms with Crippen molar-refractivity contribution in [3.8, 4) is 0 Å². The second-order valence-electron chi connectivity index (χ2n) is 3.79. The Bertz CT molecular complexity index is 470. The molecule has 2 rings (SSSR count). The van der Waals surface area contributed by atoms with Crippen molar-refractivity contribution in [1.82, 2.24) is 5.32 Å². The SMILES string of the molecule is Clc1ccc(Br)c(CNCCc2ccsc2)c1. The number of hydrogen-bond acceptors (Lipinski definition) is 2. The lowest BCUT2D eigenvalue weighted by Crippen LogP contribution is -2.16. The molecule has 0 radical (unpaired) electrons. The molecule has 4 heteroatoms. The Kier molecular flexibility index (Phi) is 5.04. The van der Waals surface area contributed by atoms with E-state index < -0.39 is 0 Å². The fraction of sp³-hybridized carbons (Fsp3) is 0.231. The molecular weight excluding hydrogens is 318 g/mol. The van der Waals surface area contributed by atoms with Gasteiger partial charge in [-0.25, -0.2) is 0 Å². The number of halogens is 2. The van der Waals surface area contributed by atoms with Crippen LogP contribution < -0.4 is 5.32 Å². The summed E-state index contributed by atoms with van der Waals surface area (Å²) in [5, 5.41) is 8.51. The van der Waals surface area contributed by atoms with Crippen LogP contribution in [0.25, 0.3) is 0 Å². The third-order valence-corrected chi connectivity index (χ3v) is 4.23. The fourth-order valence-electron chi connectivity index (χ4n) is 1.57. The van der Waals surface area contributed by atoms with E-state index in [0.29, 0.717) is 0 Å². The number of thiophene rings is 1. The van der Waals surface area contributed by atoms with E-state index in [1.165, 1.54) is 11.1 Å². The van der Waals surface area contributed by atoms with Crippen LogP contribution >= 0.6 is 38.9 Å². The van der Waals surface area contributed by atoms with Crippen molar-refractivity contribution in [2.24, 2.45) is 0 Å². The summed E-state index contributed by atoms with van der Waals surface area (Å²) in [7, 11) is 0. The zero-order chi connectivity index (χ0) is 12.1. The van der Waals surface area contributed by atoms with Gasteiger partial charge in [-0.05, 0) is 59.1 Å². The van der Waals surface area contributed by atoms with Crippen molar-refractivity contribution >= 4 is 38.9 Å². The van der Waals surface area contributed by atoms with E-state index in [2.05, 4.69) is 38.1 Å². The molecule has 0 fully saturated rings. The quantitative estimate of drug-likeness (QED) is 0.796. The van der Waals surface area contributed by atoms with E-state index in [1.54, 1.807) is 11.3 Å². The molecule has 1 heterocycles. The number of rotatable bonds is 5. The Balaban J connectivity index is 1.80. The smallest absolute Gasteiger partial charge is 0.0410 e. The van der Waals surface area contributed by atoms with E-state index in [9.17, 15) is 0 Å². The normalized spacial score (nSPS) is 10.7. The average molecular weight is 331 g/mol. The van der Waals surface area contributed by atoms with Gasteiger partial charge in [0.15, 0.2) is 0 Å². The van der Waals surface area contributed by atoms with Crippen LogP contribution in [0.15, 0.2) is 39.5 Å². The summed E-state index contributed by atoms with van der Waals surface area (Å²) in [5.74, 6) is 0. The Morgan fingerprint density at radius 3 is 2.94 bits per heavy atom. The van der Waals surface area contributed by atoms with Crippen LogP contribution in [0, 0.1) is 0 Å². The van der Waals surface area contributed by atoms with Gasteiger partial charge in [-0.3, -0.25) is 0 Å². The molecule has 0 unspecified atom stereocenters. The highest BCUT2D eigenvalue weighted by Gasteiger charge is 2.00. The molecule has 0 saturated carbocycles. The molecule has 0 aliphatic carbocycles.